The molecule has 0 fully saturated rings. The highest BCUT2D eigenvalue weighted by Gasteiger charge is 2.18. The topological polar surface area (TPSA) is 32.7 Å². The van der Waals surface area contributed by atoms with Gasteiger partial charge in [-0.15, -0.1) is 0 Å². The molecule has 2 rings (SSSR count). The van der Waals surface area contributed by atoms with Gasteiger partial charge in [0.1, 0.15) is 5.75 Å². The number of rotatable bonds is 5. The summed E-state index contributed by atoms with van der Waals surface area (Å²) < 4.78 is 5.68. The third-order valence-corrected chi connectivity index (χ3v) is 3.41. The molecule has 0 aromatic heterocycles. The van der Waals surface area contributed by atoms with Crippen LogP contribution in [0.2, 0.25) is 5.02 Å². The van der Waals surface area contributed by atoms with E-state index in [0.717, 1.165) is 48.9 Å². The zero-order valence-electron chi connectivity index (χ0n) is 10.9. The summed E-state index contributed by atoms with van der Waals surface area (Å²) >= 11 is 6.13. The first-order valence-electron chi connectivity index (χ1n) is 6.37. The van der Waals surface area contributed by atoms with Gasteiger partial charge in [-0.05, 0) is 38.1 Å². The van der Waals surface area contributed by atoms with Gasteiger partial charge in [0.25, 0.3) is 0 Å². The molecule has 0 bridgehead atoms. The number of aliphatic hydroxyl groups is 1. The average molecular weight is 270 g/mol. The van der Waals surface area contributed by atoms with Gasteiger partial charge in [0.05, 0.1) is 12.7 Å². The molecule has 100 valence electrons. The number of hydrogen-bond acceptors (Lipinski definition) is 3. The number of fused-ring (bicyclic) bond motifs is 1. The summed E-state index contributed by atoms with van der Waals surface area (Å²) in [6, 6.07) is 3.97. The van der Waals surface area contributed by atoms with Crippen LogP contribution in [0.15, 0.2) is 12.1 Å². The van der Waals surface area contributed by atoms with E-state index in [1.807, 2.05) is 26.1 Å². The molecule has 1 aromatic rings. The van der Waals surface area contributed by atoms with E-state index in [9.17, 15) is 5.11 Å². The monoisotopic (exact) mass is 269 g/mol. The molecule has 0 aliphatic carbocycles. The first-order chi connectivity index (χ1) is 8.56. The third kappa shape index (κ3) is 3.37. The smallest absolute Gasteiger partial charge is 0.127 e. The van der Waals surface area contributed by atoms with Gasteiger partial charge in [0.2, 0.25) is 0 Å². The number of aliphatic hydroxyl groups excluding tert-OH is 1. The molecule has 18 heavy (non-hydrogen) atoms. The highest BCUT2D eigenvalue weighted by molar-refractivity contribution is 6.30. The van der Waals surface area contributed by atoms with Crippen LogP contribution in [0.25, 0.3) is 0 Å². The Hall–Kier alpha value is -0.770. The molecule has 0 saturated heterocycles. The molecule has 1 aliphatic rings. The lowest BCUT2D eigenvalue weighted by Gasteiger charge is -2.19. The van der Waals surface area contributed by atoms with Crippen molar-refractivity contribution in [1.82, 2.24) is 4.90 Å². The SMILES string of the molecule is C[C@@H](O)CCN(C)Cc1cc(Cl)cc2c1OCC2. The van der Waals surface area contributed by atoms with Crippen molar-refractivity contribution in [2.75, 3.05) is 20.2 Å². The Balaban J connectivity index is 2.05. The molecule has 1 N–H and O–H groups in total. The molecule has 3 nitrogen and oxygen atoms in total. The fraction of sp³-hybridized carbons (Fsp3) is 0.571. The molecule has 1 aromatic carbocycles. The molecule has 0 spiro atoms. The Morgan fingerprint density at radius 3 is 3.00 bits per heavy atom. The van der Waals surface area contributed by atoms with Gasteiger partial charge in [-0.1, -0.05) is 11.6 Å². The molecule has 1 heterocycles. The summed E-state index contributed by atoms with van der Waals surface area (Å²) in [4.78, 5) is 2.18. The number of ether oxygens (including phenoxy) is 1. The van der Waals surface area contributed by atoms with E-state index >= 15 is 0 Å². The second kappa shape index (κ2) is 5.91. The molecule has 0 amide bonds. The molecule has 4 heteroatoms. The van der Waals surface area contributed by atoms with Crippen molar-refractivity contribution < 1.29 is 9.84 Å². The fourth-order valence-electron chi connectivity index (χ4n) is 2.24. The summed E-state index contributed by atoms with van der Waals surface area (Å²) in [5.74, 6) is 1.00. The standard InChI is InChI=1S/C14H20ClNO2/c1-10(17)3-5-16(2)9-12-8-13(15)7-11-4-6-18-14(11)12/h7-8,10,17H,3-6,9H2,1-2H3/t10-/m1/s1. The molecule has 0 radical (unpaired) electrons. The molecule has 0 unspecified atom stereocenters. The second-order valence-corrected chi connectivity index (χ2v) is 5.46. The van der Waals surface area contributed by atoms with E-state index in [1.165, 1.54) is 5.56 Å². The minimum Gasteiger partial charge on any atom is -0.493 e. The highest BCUT2D eigenvalue weighted by atomic mass is 35.5. The molecule has 0 saturated carbocycles. The van der Waals surface area contributed by atoms with Crippen LogP contribution >= 0.6 is 11.6 Å². The van der Waals surface area contributed by atoms with Gasteiger partial charge in [-0.2, -0.15) is 0 Å². The first-order valence-corrected chi connectivity index (χ1v) is 6.75. The summed E-state index contributed by atoms with van der Waals surface area (Å²) in [5, 5.41) is 10.1. The summed E-state index contributed by atoms with van der Waals surface area (Å²) in [6.07, 6.45) is 1.47. The minimum atomic E-state index is -0.256. The lowest BCUT2D eigenvalue weighted by atomic mass is 10.1. The van der Waals surface area contributed by atoms with Crippen molar-refractivity contribution in [2.24, 2.45) is 0 Å². The Bertz CT molecular complexity index is 421. The zero-order chi connectivity index (χ0) is 13.1. The van der Waals surface area contributed by atoms with Crippen molar-refractivity contribution in [3.63, 3.8) is 0 Å². The van der Waals surface area contributed by atoms with Crippen molar-refractivity contribution in [3.05, 3.63) is 28.3 Å². The third-order valence-electron chi connectivity index (χ3n) is 3.19. The van der Waals surface area contributed by atoms with Gasteiger partial charge < -0.3 is 14.7 Å². The van der Waals surface area contributed by atoms with Crippen LogP contribution in [0, 0.1) is 0 Å². The number of nitrogens with zero attached hydrogens (tertiary/aromatic N) is 1. The maximum absolute atomic E-state index is 9.29. The number of benzene rings is 1. The maximum Gasteiger partial charge on any atom is 0.127 e. The first kappa shape index (κ1) is 13.7. The molecular weight excluding hydrogens is 250 g/mol. The van der Waals surface area contributed by atoms with Crippen molar-refractivity contribution in [2.45, 2.75) is 32.4 Å². The largest absolute Gasteiger partial charge is 0.493 e. The van der Waals surface area contributed by atoms with Gasteiger partial charge in [0.15, 0.2) is 0 Å². The van der Waals surface area contributed by atoms with Crippen LogP contribution in [0.4, 0.5) is 0 Å². The van der Waals surface area contributed by atoms with Crippen molar-refractivity contribution in [1.29, 1.82) is 0 Å². The van der Waals surface area contributed by atoms with E-state index in [-0.39, 0.29) is 6.10 Å². The van der Waals surface area contributed by atoms with Gasteiger partial charge in [0, 0.05) is 30.1 Å². The van der Waals surface area contributed by atoms with Crippen LogP contribution < -0.4 is 4.74 Å². The van der Waals surface area contributed by atoms with Crippen LogP contribution in [0.1, 0.15) is 24.5 Å². The van der Waals surface area contributed by atoms with E-state index in [0.29, 0.717) is 0 Å². The maximum atomic E-state index is 9.29. The predicted molar refractivity (Wildman–Crippen MR) is 73.3 cm³/mol. The van der Waals surface area contributed by atoms with Crippen molar-refractivity contribution in [3.8, 4) is 5.75 Å². The van der Waals surface area contributed by atoms with E-state index in [2.05, 4.69) is 4.90 Å². The second-order valence-electron chi connectivity index (χ2n) is 5.03. The number of hydrogen-bond donors (Lipinski definition) is 1. The van der Waals surface area contributed by atoms with Crippen LogP contribution in [0.3, 0.4) is 0 Å². The van der Waals surface area contributed by atoms with Gasteiger partial charge in [-0.25, -0.2) is 0 Å². The fourth-order valence-corrected chi connectivity index (χ4v) is 2.50. The Morgan fingerprint density at radius 1 is 1.50 bits per heavy atom. The molecule has 1 atom stereocenters. The summed E-state index contributed by atoms with van der Waals surface area (Å²) in [6.45, 7) is 4.22. The van der Waals surface area contributed by atoms with Gasteiger partial charge in [-0.3, -0.25) is 0 Å². The summed E-state index contributed by atoms with van der Waals surface area (Å²) in [7, 11) is 2.05. The number of halogens is 1. The van der Waals surface area contributed by atoms with Crippen LogP contribution in [0.5, 0.6) is 5.75 Å². The van der Waals surface area contributed by atoms with E-state index in [1.54, 1.807) is 0 Å². The van der Waals surface area contributed by atoms with E-state index in [4.69, 9.17) is 16.3 Å². The minimum absolute atomic E-state index is 0.256. The Morgan fingerprint density at radius 2 is 2.28 bits per heavy atom. The molecular formula is C14H20ClNO2. The quantitative estimate of drug-likeness (QED) is 0.891. The predicted octanol–water partition coefficient (Wildman–Crippen LogP) is 2.48. The molecule has 1 aliphatic heterocycles. The summed E-state index contributed by atoms with van der Waals surface area (Å²) in [5.41, 5.74) is 2.35. The normalized spacial score (nSPS) is 15.6. The zero-order valence-corrected chi connectivity index (χ0v) is 11.7. The van der Waals surface area contributed by atoms with Crippen molar-refractivity contribution >= 4 is 11.6 Å². The lowest BCUT2D eigenvalue weighted by molar-refractivity contribution is 0.162. The average Bonchev–Trinajstić information content (AvgIpc) is 2.74. The van der Waals surface area contributed by atoms with Crippen LogP contribution in [-0.4, -0.2) is 36.3 Å². The van der Waals surface area contributed by atoms with Crippen LogP contribution in [-0.2, 0) is 13.0 Å². The Kier molecular flexibility index (Phi) is 4.49. The highest BCUT2D eigenvalue weighted by Crippen LogP contribution is 2.33. The van der Waals surface area contributed by atoms with Gasteiger partial charge >= 0.3 is 0 Å². The lowest BCUT2D eigenvalue weighted by Crippen LogP contribution is -2.22. The Labute approximate surface area is 113 Å². The van der Waals surface area contributed by atoms with E-state index < -0.39 is 0 Å².